The second kappa shape index (κ2) is 6.43. The minimum Gasteiger partial charge on any atom is -0.384 e. The molecular formula is C13H18N4O2S. The summed E-state index contributed by atoms with van der Waals surface area (Å²) in [6, 6.07) is 0.393. The molecule has 2 aromatic heterocycles. The van der Waals surface area contributed by atoms with E-state index in [0.29, 0.717) is 37.3 Å². The Morgan fingerprint density at radius 1 is 1.55 bits per heavy atom. The number of hydrogen-bond donors (Lipinski definition) is 0. The maximum Gasteiger partial charge on any atom is 0.240 e. The van der Waals surface area contributed by atoms with E-state index in [9.17, 15) is 0 Å². The Morgan fingerprint density at radius 3 is 3.30 bits per heavy atom. The zero-order valence-electron chi connectivity index (χ0n) is 11.5. The Morgan fingerprint density at radius 2 is 2.50 bits per heavy atom. The maximum absolute atomic E-state index is 5.31. The molecule has 0 unspecified atom stereocenters. The van der Waals surface area contributed by atoms with Crippen LogP contribution >= 0.6 is 11.3 Å². The standard InChI is InChI=1S/C13H18N4O2S/c1-18-7-4-11-15-12(19-16-11)9-17-6-2-3-10(17)13-14-5-8-20-13/h5,8,10H,2-4,6-7,9H2,1H3/t10-/m0/s1. The van der Waals surface area contributed by atoms with Crippen molar-refractivity contribution in [3.05, 3.63) is 28.3 Å². The monoisotopic (exact) mass is 294 g/mol. The highest BCUT2D eigenvalue weighted by atomic mass is 32.1. The van der Waals surface area contributed by atoms with Gasteiger partial charge >= 0.3 is 0 Å². The summed E-state index contributed by atoms with van der Waals surface area (Å²) in [6.45, 7) is 2.37. The molecule has 0 bridgehead atoms. The van der Waals surface area contributed by atoms with Crippen LogP contribution < -0.4 is 0 Å². The van der Waals surface area contributed by atoms with Gasteiger partial charge in [-0.25, -0.2) is 4.98 Å². The number of hydrogen-bond acceptors (Lipinski definition) is 7. The zero-order chi connectivity index (χ0) is 13.8. The summed E-state index contributed by atoms with van der Waals surface area (Å²) in [7, 11) is 1.67. The van der Waals surface area contributed by atoms with Crippen LogP contribution in [0.5, 0.6) is 0 Å². The van der Waals surface area contributed by atoms with Crippen LogP contribution in [0.3, 0.4) is 0 Å². The fourth-order valence-electron chi connectivity index (χ4n) is 2.52. The maximum atomic E-state index is 5.31. The SMILES string of the molecule is COCCc1noc(CN2CCC[C@H]2c2nccs2)n1. The van der Waals surface area contributed by atoms with Crippen molar-refractivity contribution in [2.45, 2.75) is 31.8 Å². The molecule has 0 amide bonds. The van der Waals surface area contributed by atoms with Gasteiger partial charge in [-0.2, -0.15) is 4.98 Å². The molecule has 1 aliphatic rings. The van der Waals surface area contributed by atoms with E-state index < -0.39 is 0 Å². The van der Waals surface area contributed by atoms with E-state index in [-0.39, 0.29) is 0 Å². The number of thiazole rings is 1. The summed E-state index contributed by atoms with van der Waals surface area (Å²) < 4.78 is 10.3. The fraction of sp³-hybridized carbons (Fsp3) is 0.615. The van der Waals surface area contributed by atoms with Gasteiger partial charge in [-0.1, -0.05) is 5.16 Å². The molecule has 2 aromatic rings. The molecule has 1 fully saturated rings. The largest absolute Gasteiger partial charge is 0.384 e. The lowest BCUT2D eigenvalue weighted by atomic mass is 10.2. The molecule has 0 saturated carbocycles. The predicted molar refractivity (Wildman–Crippen MR) is 74.4 cm³/mol. The van der Waals surface area contributed by atoms with Gasteiger partial charge in [0.15, 0.2) is 5.82 Å². The van der Waals surface area contributed by atoms with Crippen LogP contribution in [0.1, 0.15) is 35.6 Å². The molecule has 20 heavy (non-hydrogen) atoms. The van der Waals surface area contributed by atoms with E-state index in [1.54, 1.807) is 18.4 Å². The first-order valence-electron chi connectivity index (χ1n) is 6.80. The minimum atomic E-state index is 0.393. The number of nitrogens with zero attached hydrogens (tertiary/aromatic N) is 4. The molecule has 3 rings (SSSR count). The molecule has 1 atom stereocenters. The second-order valence-corrected chi connectivity index (χ2v) is 5.77. The average Bonchev–Trinajstić information content (AvgIpc) is 3.18. The van der Waals surface area contributed by atoms with Crippen molar-refractivity contribution in [1.82, 2.24) is 20.0 Å². The van der Waals surface area contributed by atoms with E-state index in [4.69, 9.17) is 9.26 Å². The van der Waals surface area contributed by atoms with Crippen molar-refractivity contribution in [2.24, 2.45) is 0 Å². The van der Waals surface area contributed by atoms with Gasteiger partial charge in [-0.15, -0.1) is 11.3 Å². The molecular weight excluding hydrogens is 276 g/mol. The van der Waals surface area contributed by atoms with Crippen molar-refractivity contribution >= 4 is 11.3 Å². The summed E-state index contributed by atoms with van der Waals surface area (Å²) in [4.78, 5) is 11.2. The van der Waals surface area contributed by atoms with Crippen LogP contribution in [-0.4, -0.2) is 40.3 Å². The molecule has 0 aliphatic carbocycles. The van der Waals surface area contributed by atoms with Crippen LogP contribution in [0.15, 0.2) is 16.1 Å². The molecule has 0 radical (unpaired) electrons. The van der Waals surface area contributed by atoms with Crippen molar-refractivity contribution in [3.63, 3.8) is 0 Å². The third-order valence-corrected chi connectivity index (χ3v) is 4.36. The van der Waals surface area contributed by atoms with Gasteiger partial charge in [-0.05, 0) is 19.4 Å². The Kier molecular flexibility index (Phi) is 4.39. The molecule has 7 heteroatoms. The first kappa shape index (κ1) is 13.7. The quantitative estimate of drug-likeness (QED) is 0.812. The fourth-order valence-corrected chi connectivity index (χ4v) is 3.32. The molecule has 6 nitrogen and oxygen atoms in total. The number of rotatable bonds is 6. The topological polar surface area (TPSA) is 64.3 Å². The highest BCUT2D eigenvalue weighted by Crippen LogP contribution is 2.33. The van der Waals surface area contributed by atoms with E-state index in [1.807, 2.05) is 11.6 Å². The predicted octanol–water partition coefficient (Wildman–Crippen LogP) is 2.05. The van der Waals surface area contributed by atoms with E-state index in [1.165, 1.54) is 11.4 Å². The van der Waals surface area contributed by atoms with Crippen LogP contribution in [0.4, 0.5) is 0 Å². The number of aromatic nitrogens is 3. The Balaban J connectivity index is 1.63. The van der Waals surface area contributed by atoms with Crippen molar-refractivity contribution in [1.29, 1.82) is 0 Å². The molecule has 1 aliphatic heterocycles. The Hall–Kier alpha value is -1.31. The van der Waals surface area contributed by atoms with Gasteiger partial charge in [-0.3, -0.25) is 4.90 Å². The summed E-state index contributed by atoms with van der Waals surface area (Å²) in [5.41, 5.74) is 0. The van der Waals surface area contributed by atoms with E-state index in [2.05, 4.69) is 20.0 Å². The minimum absolute atomic E-state index is 0.393. The van der Waals surface area contributed by atoms with E-state index in [0.717, 1.165) is 13.0 Å². The molecule has 108 valence electrons. The van der Waals surface area contributed by atoms with Gasteiger partial charge in [0, 0.05) is 25.1 Å². The summed E-state index contributed by atoms with van der Waals surface area (Å²) in [5, 5.41) is 7.19. The zero-order valence-corrected chi connectivity index (χ0v) is 12.3. The third kappa shape index (κ3) is 3.05. The normalized spacial score (nSPS) is 19.8. The van der Waals surface area contributed by atoms with Gasteiger partial charge in [0.2, 0.25) is 5.89 Å². The molecule has 0 N–H and O–H groups in total. The molecule has 0 aromatic carbocycles. The van der Waals surface area contributed by atoms with Gasteiger partial charge < -0.3 is 9.26 Å². The van der Waals surface area contributed by atoms with Gasteiger partial charge in [0.1, 0.15) is 5.01 Å². The Labute approximate surface area is 121 Å². The van der Waals surface area contributed by atoms with Crippen molar-refractivity contribution in [2.75, 3.05) is 20.3 Å². The highest BCUT2D eigenvalue weighted by Gasteiger charge is 2.29. The first-order valence-corrected chi connectivity index (χ1v) is 7.68. The van der Waals surface area contributed by atoms with Crippen LogP contribution in [-0.2, 0) is 17.7 Å². The smallest absolute Gasteiger partial charge is 0.240 e. The van der Waals surface area contributed by atoms with Crippen LogP contribution in [0.25, 0.3) is 0 Å². The molecule has 3 heterocycles. The summed E-state index contributed by atoms with van der Waals surface area (Å²) in [5.74, 6) is 1.39. The van der Waals surface area contributed by atoms with Crippen molar-refractivity contribution in [3.8, 4) is 0 Å². The number of likely N-dealkylation sites (tertiary alicyclic amines) is 1. The molecule has 1 saturated heterocycles. The lowest BCUT2D eigenvalue weighted by Gasteiger charge is -2.20. The first-order chi connectivity index (χ1) is 9.86. The van der Waals surface area contributed by atoms with Gasteiger partial charge in [0.05, 0.1) is 19.2 Å². The molecule has 0 spiro atoms. The van der Waals surface area contributed by atoms with Crippen molar-refractivity contribution < 1.29 is 9.26 Å². The third-order valence-electron chi connectivity index (χ3n) is 3.48. The van der Waals surface area contributed by atoms with Crippen LogP contribution in [0, 0.1) is 0 Å². The van der Waals surface area contributed by atoms with Crippen LogP contribution in [0.2, 0.25) is 0 Å². The summed E-state index contributed by atoms with van der Waals surface area (Å²) >= 11 is 1.71. The van der Waals surface area contributed by atoms with Gasteiger partial charge in [0.25, 0.3) is 0 Å². The number of methoxy groups -OCH3 is 1. The highest BCUT2D eigenvalue weighted by molar-refractivity contribution is 7.09. The second-order valence-electron chi connectivity index (χ2n) is 4.85. The lowest BCUT2D eigenvalue weighted by molar-refractivity contribution is 0.199. The number of ether oxygens (including phenoxy) is 1. The lowest BCUT2D eigenvalue weighted by Crippen LogP contribution is -2.22. The average molecular weight is 294 g/mol. The van der Waals surface area contributed by atoms with E-state index >= 15 is 0 Å². The Bertz CT molecular complexity index is 528. The summed E-state index contributed by atoms with van der Waals surface area (Å²) in [6.07, 6.45) is 4.90.